The van der Waals surface area contributed by atoms with Gasteiger partial charge in [-0.1, -0.05) is 0 Å². The Kier molecular flexibility index (Phi) is 4.54. The summed E-state index contributed by atoms with van der Waals surface area (Å²) in [5.74, 6) is 0.439. The summed E-state index contributed by atoms with van der Waals surface area (Å²) in [6.45, 7) is 0.138. The van der Waals surface area contributed by atoms with Gasteiger partial charge in [0, 0.05) is 24.5 Å². The molecule has 16 heavy (non-hydrogen) atoms. The van der Waals surface area contributed by atoms with Crippen molar-refractivity contribution >= 4 is 0 Å². The molecule has 1 rings (SSSR count). The zero-order valence-corrected chi connectivity index (χ0v) is 8.84. The maximum Gasteiger partial charge on any atom is 0.392 e. The van der Waals surface area contributed by atoms with Crippen molar-refractivity contribution in [3.8, 4) is 5.75 Å². The minimum absolute atomic E-state index is 0.371. The second-order valence-electron chi connectivity index (χ2n) is 3.23. The Balaban J connectivity index is 2.52. The second-order valence-corrected chi connectivity index (χ2v) is 3.23. The molecule has 0 fully saturated rings. The molecule has 6 heteroatoms. The van der Waals surface area contributed by atoms with Crippen LogP contribution in [0.2, 0.25) is 0 Å². The summed E-state index contributed by atoms with van der Waals surface area (Å²) in [6, 6.07) is 1.56. The first-order valence-electron chi connectivity index (χ1n) is 4.80. The summed E-state index contributed by atoms with van der Waals surface area (Å²) in [5, 5.41) is 2.89. The largest absolute Gasteiger partial charge is 0.493 e. The highest BCUT2D eigenvalue weighted by Gasteiger charge is 2.26. The number of rotatable bonds is 5. The van der Waals surface area contributed by atoms with Gasteiger partial charge in [-0.3, -0.25) is 4.98 Å². The molecule has 1 aromatic rings. The molecule has 0 radical (unpaired) electrons. The highest BCUT2D eigenvalue weighted by molar-refractivity contribution is 5.29. The lowest BCUT2D eigenvalue weighted by molar-refractivity contribution is -0.139. The first kappa shape index (κ1) is 12.8. The molecule has 0 aliphatic rings. The van der Waals surface area contributed by atoms with E-state index in [0.29, 0.717) is 12.3 Å². The highest BCUT2D eigenvalue weighted by atomic mass is 19.4. The number of halogens is 3. The van der Waals surface area contributed by atoms with Gasteiger partial charge < -0.3 is 10.1 Å². The van der Waals surface area contributed by atoms with E-state index in [9.17, 15) is 13.2 Å². The van der Waals surface area contributed by atoms with Crippen molar-refractivity contribution in [2.75, 3.05) is 13.7 Å². The van der Waals surface area contributed by atoms with Crippen LogP contribution in [-0.2, 0) is 6.54 Å². The van der Waals surface area contributed by atoms with E-state index in [1.807, 2.05) is 0 Å². The van der Waals surface area contributed by atoms with Gasteiger partial charge in [-0.15, -0.1) is 0 Å². The lowest BCUT2D eigenvalue weighted by atomic mass is 10.2. The molecule has 0 aliphatic carbocycles. The van der Waals surface area contributed by atoms with Crippen molar-refractivity contribution < 1.29 is 17.9 Å². The fourth-order valence-corrected chi connectivity index (χ4v) is 1.16. The number of pyridine rings is 1. The van der Waals surface area contributed by atoms with Crippen LogP contribution in [0.25, 0.3) is 0 Å². The normalized spacial score (nSPS) is 11.5. The third-order valence-electron chi connectivity index (χ3n) is 1.87. The van der Waals surface area contributed by atoms with Crippen LogP contribution in [0.4, 0.5) is 13.2 Å². The number of nitrogens with zero attached hydrogens (tertiary/aromatic N) is 1. The van der Waals surface area contributed by atoms with E-state index in [1.54, 1.807) is 19.3 Å². The maximum atomic E-state index is 11.9. The van der Waals surface area contributed by atoms with Crippen LogP contribution in [0.15, 0.2) is 18.5 Å². The van der Waals surface area contributed by atoms with Gasteiger partial charge in [0.05, 0.1) is 13.0 Å². The first-order valence-corrected chi connectivity index (χ1v) is 4.80. The van der Waals surface area contributed by atoms with Crippen molar-refractivity contribution in [1.29, 1.82) is 0 Å². The molecule has 1 aromatic heterocycles. The van der Waals surface area contributed by atoms with Gasteiger partial charge in [-0.25, -0.2) is 0 Å². The molecule has 1 heterocycles. The van der Waals surface area contributed by atoms with E-state index in [-0.39, 0.29) is 6.61 Å². The molecule has 0 unspecified atom stereocenters. The van der Waals surface area contributed by atoms with Gasteiger partial charge in [-0.2, -0.15) is 13.2 Å². The average Bonchev–Trinajstić information content (AvgIpc) is 2.19. The van der Waals surface area contributed by atoms with Crippen LogP contribution in [-0.4, -0.2) is 24.8 Å². The Labute approximate surface area is 91.6 Å². The molecule has 90 valence electrons. The molecule has 0 amide bonds. The zero-order chi connectivity index (χ0) is 12.0. The predicted octanol–water partition coefficient (Wildman–Crippen LogP) is 2.13. The van der Waals surface area contributed by atoms with Gasteiger partial charge >= 0.3 is 6.18 Å². The standard InChI is InChI=1S/C10H13F3N2O/c1-14-6-8-7-15-4-2-9(8)16-5-3-10(11,12)13/h2,4,7,14H,3,5-6H2,1H3. The van der Waals surface area contributed by atoms with E-state index < -0.39 is 12.6 Å². The highest BCUT2D eigenvalue weighted by Crippen LogP contribution is 2.21. The van der Waals surface area contributed by atoms with Gasteiger partial charge in [0.15, 0.2) is 0 Å². The zero-order valence-electron chi connectivity index (χ0n) is 8.84. The van der Waals surface area contributed by atoms with Gasteiger partial charge in [0.2, 0.25) is 0 Å². The molecule has 0 spiro atoms. The van der Waals surface area contributed by atoms with Crippen LogP contribution in [0.3, 0.4) is 0 Å². The fraction of sp³-hybridized carbons (Fsp3) is 0.500. The molecule has 0 aromatic carbocycles. The minimum atomic E-state index is -4.18. The summed E-state index contributed by atoms with van der Waals surface area (Å²) in [7, 11) is 1.74. The van der Waals surface area contributed by atoms with Gasteiger partial charge in [0.25, 0.3) is 0 Å². The van der Waals surface area contributed by atoms with Crippen LogP contribution in [0, 0.1) is 0 Å². The van der Waals surface area contributed by atoms with E-state index in [2.05, 4.69) is 10.3 Å². The van der Waals surface area contributed by atoms with Crippen LogP contribution in [0.1, 0.15) is 12.0 Å². The predicted molar refractivity (Wildman–Crippen MR) is 53.2 cm³/mol. The summed E-state index contributed by atoms with van der Waals surface area (Å²) in [4.78, 5) is 3.88. The van der Waals surface area contributed by atoms with Gasteiger partial charge in [0.1, 0.15) is 5.75 Å². The topological polar surface area (TPSA) is 34.2 Å². The summed E-state index contributed by atoms with van der Waals surface area (Å²) in [6.07, 6.45) is -2.08. The summed E-state index contributed by atoms with van der Waals surface area (Å²) < 4.78 is 40.8. The Hall–Kier alpha value is -1.30. The van der Waals surface area contributed by atoms with E-state index in [4.69, 9.17) is 4.74 Å². The Morgan fingerprint density at radius 3 is 2.81 bits per heavy atom. The van der Waals surface area contributed by atoms with Crippen molar-refractivity contribution in [3.63, 3.8) is 0 Å². The molecule has 1 N–H and O–H groups in total. The number of ether oxygens (including phenoxy) is 1. The Morgan fingerprint density at radius 1 is 1.44 bits per heavy atom. The van der Waals surface area contributed by atoms with Crippen LogP contribution >= 0.6 is 0 Å². The molecule has 0 aliphatic heterocycles. The lowest BCUT2D eigenvalue weighted by Crippen LogP contribution is -2.14. The second kappa shape index (κ2) is 5.69. The van der Waals surface area contributed by atoms with Crippen molar-refractivity contribution in [2.45, 2.75) is 19.1 Å². The monoisotopic (exact) mass is 234 g/mol. The first-order chi connectivity index (χ1) is 7.53. The van der Waals surface area contributed by atoms with E-state index in [0.717, 1.165) is 5.56 Å². The molecule has 0 atom stereocenters. The van der Waals surface area contributed by atoms with Crippen LogP contribution in [0.5, 0.6) is 5.75 Å². The summed E-state index contributed by atoms with van der Waals surface area (Å²) >= 11 is 0. The molecular formula is C10H13F3N2O. The third kappa shape index (κ3) is 4.48. The van der Waals surface area contributed by atoms with Crippen molar-refractivity contribution in [2.24, 2.45) is 0 Å². The smallest absolute Gasteiger partial charge is 0.392 e. The molecule has 3 nitrogen and oxygen atoms in total. The lowest BCUT2D eigenvalue weighted by Gasteiger charge is -2.11. The Bertz CT molecular complexity index is 328. The Morgan fingerprint density at radius 2 is 2.19 bits per heavy atom. The third-order valence-corrected chi connectivity index (χ3v) is 1.87. The van der Waals surface area contributed by atoms with Crippen molar-refractivity contribution in [1.82, 2.24) is 10.3 Å². The molecular weight excluding hydrogens is 221 g/mol. The van der Waals surface area contributed by atoms with E-state index in [1.165, 1.54) is 6.20 Å². The summed E-state index contributed by atoms with van der Waals surface area (Å²) in [5.41, 5.74) is 0.743. The minimum Gasteiger partial charge on any atom is -0.493 e. The number of hydrogen-bond donors (Lipinski definition) is 1. The number of alkyl halides is 3. The maximum absolute atomic E-state index is 11.9. The van der Waals surface area contributed by atoms with Crippen molar-refractivity contribution in [3.05, 3.63) is 24.0 Å². The number of hydrogen-bond acceptors (Lipinski definition) is 3. The SMILES string of the molecule is CNCc1cnccc1OCCC(F)(F)F. The molecule has 0 saturated heterocycles. The van der Waals surface area contributed by atoms with Crippen LogP contribution < -0.4 is 10.1 Å². The number of aromatic nitrogens is 1. The average molecular weight is 234 g/mol. The fourth-order valence-electron chi connectivity index (χ4n) is 1.16. The van der Waals surface area contributed by atoms with E-state index >= 15 is 0 Å². The number of nitrogens with one attached hydrogen (secondary N) is 1. The molecule has 0 bridgehead atoms. The quantitative estimate of drug-likeness (QED) is 0.847. The van der Waals surface area contributed by atoms with Gasteiger partial charge in [-0.05, 0) is 13.1 Å². The molecule has 0 saturated carbocycles.